The van der Waals surface area contributed by atoms with Gasteiger partial charge in [-0.1, -0.05) is 106 Å². The minimum absolute atomic E-state index is 0.348. The highest BCUT2D eigenvalue weighted by Gasteiger charge is 2.18. The second-order valence-electron chi connectivity index (χ2n) is 9.10. The fraction of sp³-hybridized carbons (Fsp3) is 0.289. The van der Waals surface area contributed by atoms with E-state index in [-0.39, 0.29) is 0 Å². The third kappa shape index (κ3) is 12.5. The van der Waals surface area contributed by atoms with E-state index in [0.717, 1.165) is 22.7 Å². The maximum atomic E-state index is 8.90. The van der Waals surface area contributed by atoms with Crippen LogP contribution >= 0.6 is 11.6 Å². The van der Waals surface area contributed by atoms with E-state index in [1.807, 2.05) is 58.9 Å². The first-order valence-electron chi connectivity index (χ1n) is 14.4. The smallest absolute Gasteiger partial charge is 0.0991 e. The van der Waals surface area contributed by atoms with Crippen LogP contribution in [0.5, 0.6) is 0 Å². The SMILES string of the molecule is C=CC.C=CNc1ccc(C)cc1C.CC.CC.Cc1cc(C2=CC=CC2Cc2ccc(C#N)cc2)cc(Cl)c1C. The monoisotopic (exact) mass is 568 g/mol. The van der Waals surface area contributed by atoms with Crippen molar-refractivity contribution in [3.63, 3.8) is 0 Å². The van der Waals surface area contributed by atoms with Gasteiger partial charge in [0, 0.05) is 16.6 Å². The zero-order chi connectivity index (χ0) is 31.4. The molecule has 3 aromatic carbocycles. The lowest BCUT2D eigenvalue weighted by Crippen LogP contribution is -2.03. The highest BCUT2D eigenvalue weighted by Crippen LogP contribution is 2.34. The third-order valence-corrected chi connectivity index (χ3v) is 6.53. The van der Waals surface area contributed by atoms with Crippen LogP contribution in [-0.2, 0) is 6.42 Å². The van der Waals surface area contributed by atoms with E-state index in [4.69, 9.17) is 16.9 Å². The van der Waals surface area contributed by atoms with E-state index in [0.29, 0.717) is 11.5 Å². The predicted molar refractivity (Wildman–Crippen MR) is 185 cm³/mol. The standard InChI is InChI=1S/C21H18ClN.C10H13N.C3H6.2C2H6/c1-14-10-19(12-21(22)15(14)2)20-5-3-4-18(20)11-16-6-8-17(13-23)9-7-16;1-4-11-10-6-5-8(2)7-9(10)3;1-3-2;2*1-2/h3-10,12,18H,11H2,1-2H3;4-7,11H,1H2,2-3H3;3H,1H2,2H3;2*1-2H3. The van der Waals surface area contributed by atoms with E-state index in [2.05, 4.69) is 101 Å². The molecule has 41 heavy (non-hydrogen) atoms. The van der Waals surface area contributed by atoms with Crippen LogP contribution in [0.4, 0.5) is 5.69 Å². The molecular weight excluding hydrogens is 520 g/mol. The maximum Gasteiger partial charge on any atom is 0.0991 e. The molecule has 0 bridgehead atoms. The van der Waals surface area contributed by atoms with Gasteiger partial charge in [0.1, 0.15) is 0 Å². The Bertz CT molecular complexity index is 1300. The van der Waals surface area contributed by atoms with Gasteiger partial charge in [-0.25, -0.2) is 0 Å². The molecule has 1 N–H and O–H groups in total. The molecule has 3 aromatic rings. The fourth-order valence-electron chi connectivity index (χ4n) is 4.05. The number of nitriles is 1. The molecule has 0 spiro atoms. The molecule has 0 heterocycles. The lowest BCUT2D eigenvalue weighted by molar-refractivity contribution is 0.834. The van der Waals surface area contributed by atoms with Crippen LogP contribution in [0.2, 0.25) is 5.02 Å². The first kappa shape index (κ1) is 37.2. The summed E-state index contributed by atoms with van der Waals surface area (Å²) >= 11 is 6.36. The van der Waals surface area contributed by atoms with Crippen LogP contribution in [-0.4, -0.2) is 0 Å². The van der Waals surface area contributed by atoms with Gasteiger partial charge in [0.05, 0.1) is 11.6 Å². The average molecular weight is 569 g/mol. The second-order valence-corrected chi connectivity index (χ2v) is 9.51. The second kappa shape index (κ2) is 21.0. The Morgan fingerprint density at radius 1 is 0.902 bits per heavy atom. The minimum Gasteiger partial charge on any atom is -0.362 e. The zero-order valence-electron chi connectivity index (χ0n) is 26.6. The molecule has 1 atom stereocenters. The maximum absolute atomic E-state index is 8.90. The average Bonchev–Trinajstić information content (AvgIpc) is 3.44. The summed E-state index contributed by atoms with van der Waals surface area (Å²) in [5.74, 6) is 0.348. The Labute approximate surface area is 255 Å². The molecule has 0 aliphatic heterocycles. The van der Waals surface area contributed by atoms with Crippen LogP contribution < -0.4 is 5.32 Å². The number of benzene rings is 3. The summed E-state index contributed by atoms with van der Waals surface area (Å²) in [6, 6.07) is 20.6. The molecule has 0 fully saturated rings. The summed E-state index contributed by atoms with van der Waals surface area (Å²) in [4.78, 5) is 0. The van der Waals surface area contributed by atoms with Crippen molar-refractivity contribution in [2.24, 2.45) is 5.92 Å². The number of aryl methyl sites for hydroxylation is 3. The van der Waals surface area contributed by atoms with Crippen molar-refractivity contribution in [1.82, 2.24) is 0 Å². The van der Waals surface area contributed by atoms with Gasteiger partial charge in [-0.05, 0) is 105 Å². The topological polar surface area (TPSA) is 35.8 Å². The summed E-state index contributed by atoms with van der Waals surface area (Å²) in [5, 5.41) is 12.8. The van der Waals surface area contributed by atoms with Crippen molar-refractivity contribution in [3.05, 3.63) is 142 Å². The molecule has 0 saturated heterocycles. The Morgan fingerprint density at radius 2 is 1.51 bits per heavy atom. The summed E-state index contributed by atoms with van der Waals surface area (Å²) < 4.78 is 0. The van der Waals surface area contributed by atoms with E-state index < -0.39 is 0 Å². The number of nitrogens with one attached hydrogen (secondary N) is 1. The summed E-state index contributed by atoms with van der Waals surface area (Å²) in [5.41, 5.74) is 10.5. The summed E-state index contributed by atoms with van der Waals surface area (Å²) in [6.45, 7) is 25.2. The van der Waals surface area contributed by atoms with Crippen LogP contribution in [0.15, 0.2) is 98.3 Å². The molecule has 4 rings (SSSR count). The number of hydrogen-bond donors (Lipinski definition) is 1. The Morgan fingerprint density at radius 3 is 2.02 bits per heavy atom. The first-order chi connectivity index (χ1) is 19.7. The molecule has 0 amide bonds. The van der Waals surface area contributed by atoms with Gasteiger partial charge in [-0.15, -0.1) is 6.58 Å². The van der Waals surface area contributed by atoms with Gasteiger partial charge in [-0.3, -0.25) is 0 Å². The third-order valence-electron chi connectivity index (χ3n) is 6.13. The van der Waals surface area contributed by atoms with Gasteiger partial charge in [0.2, 0.25) is 0 Å². The highest BCUT2D eigenvalue weighted by molar-refractivity contribution is 6.31. The van der Waals surface area contributed by atoms with Gasteiger partial charge >= 0.3 is 0 Å². The van der Waals surface area contributed by atoms with Crippen molar-refractivity contribution in [3.8, 4) is 6.07 Å². The predicted octanol–water partition coefficient (Wildman–Crippen LogP) is 11.7. The number of allylic oxidation sites excluding steroid dienone is 5. The number of anilines is 1. The number of nitrogens with zero attached hydrogens (tertiary/aromatic N) is 1. The Balaban J connectivity index is 0.000000744. The molecular formula is C38H49ClN2. The quantitative estimate of drug-likeness (QED) is 0.310. The van der Waals surface area contributed by atoms with E-state index in [1.165, 1.54) is 33.4 Å². The van der Waals surface area contributed by atoms with Crippen molar-refractivity contribution < 1.29 is 0 Å². The summed E-state index contributed by atoms with van der Waals surface area (Å²) in [6.07, 6.45) is 10.9. The largest absolute Gasteiger partial charge is 0.362 e. The van der Waals surface area contributed by atoms with Crippen LogP contribution in [0.3, 0.4) is 0 Å². The van der Waals surface area contributed by atoms with Crippen LogP contribution in [0.1, 0.15) is 73.6 Å². The first-order valence-corrected chi connectivity index (χ1v) is 14.8. The van der Waals surface area contributed by atoms with Gasteiger partial charge in [0.15, 0.2) is 0 Å². The Hall–Kier alpha value is -3.80. The highest BCUT2D eigenvalue weighted by atomic mass is 35.5. The van der Waals surface area contributed by atoms with Crippen molar-refractivity contribution in [1.29, 1.82) is 5.26 Å². The van der Waals surface area contributed by atoms with Crippen molar-refractivity contribution in [2.75, 3.05) is 5.32 Å². The number of halogens is 1. The van der Waals surface area contributed by atoms with E-state index in [9.17, 15) is 0 Å². The molecule has 1 aliphatic rings. The van der Waals surface area contributed by atoms with E-state index >= 15 is 0 Å². The molecule has 218 valence electrons. The fourth-order valence-corrected chi connectivity index (χ4v) is 4.31. The van der Waals surface area contributed by atoms with Crippen LogP contribution in [0.25, 0.3) is 5.57 Å². The lowest BCUT2D eigenvalue weighted by atomic mass is 9.88. The van der Waals surface area contributed by atoms with Gasteiger partial charge in [-0.2, -0.15) is 5.26 Å². The molecule has 0 radical (unpaired) electrons. The number of hydrogen-bond acceptors (Lipinski definition) is 2. The normalized spacial score (nSPS) is 12.2. The van der Waals surface area contributed by atoms with Crippen LogP contribution in [0, 0.1) is 44.9 Å². The zero-order valence-corrected chi connectivity index (χ0v) is 27.4. The van der Waals surface area contributed by atoms with Gasteiger partial charge < -0.3 is 5.32 Å². The van der Waals surface area contributed by atoms with E-state index in [1.54, 1.807) is 12.3 Å². The van der Waals surface area contributed by atoms with Crippen molar-refractivity contribution in [2.45, 2.75) is 68.7 Å². The minimum atomic E-state index is 0.348. The molecule has 0 saturated carbocycles. The Kier molecular flexibility index (Phi) is 19.1. The lowest BCUT2D eigenvalue weighted by Gasteiger charge is -2.16. The molecule has 1 unspecified atom stereocenters. The van der Waals surface area contributed by atoms with Crippen molar-refractivity contribution >= 4 is 22.9 Å². The molecule has 1 aliphatic carbocycles. The van der Waals surface area contributed by atoms with Gasteiger partial charge in [0.25, 0.3) is 0 Å². The molecule has 2 nitrogen and oxygen atoms in total. The molecule has 3 heteroatoms. The summed E-state index contributed by atoms with van der Waals surface area (Å²) in [7, 11) is 0. The molecule has 0 aromatic heterocycles. The number of rotatable bonds is 5.